The topological polar surface area (TPSA) is 35.9 Å². The van der Waals surface area contributed by atoms with Crippen molar-refractivity contribution >= 4 is 30.5 Å². The highest BCUT2D eigenvalue weighted by Crippen LogP contribution is 2.21. The lowest BCUT2D eigenvalue weighted by molar-refractivity contribution is -0.0188. The Morgan fingerprint density at radius 2 is 1.62 bits per heavy atom. The second kappa shape index (κ2) is 11.2. The summed E-state index contributed by atoms with van der Waals surface area (Å²) in [7, 11) is 0. The highest BCUT2D eigenvalue weighted by atomic mass is 35.5. The number of hydrogen-bond donors (Lipinski definition) is 1. The normalized spacial score (nSPS) is 20.3. The molecule has 1 N–H and O–H groups in total. The van der Waals surface area contributed by atoms with E-state index in [1.54, 1.807) is 0 Å². The molecule has 2 aliphatic rings. The highest BCUT2D eigenvalue weighted by Gasteiger charge is 2.21. The minimum Gasteiger partial charge on any atom is -0.389 e. The van der Waals surface area contributed by atoms with Gasteiger partial charge in [-0.25, -0.2) is 0 Å². The lowest BCUT2D eigenvalue weighted by atomic mass is 10.2. The van der Waals surface area contributed by atoms with E-state index in [0.29, 0.717) is 12.7 Å². The number of aliphatic hydroxyl groups is 1. The van der Waals surface area contributed by atoms with Gasteiger partial charge in [0.1, 0.15) is 0 Å². The molecule has 0 spiro atoms. The maximum Gasteiger partial charge on any atom is 0.0900 e. The van der Waals surface area contributed by atoms with Crippen LogP contribution in [0.15, 0.2) is 30.3 Å². The lowest BCUT2D eigenvalue weighted by Crippen LogP contribution is -2.49. The van der Waals surface area contributed by atoms with Crippen LogP contribution >= 0.6 is 24.8 Å². The molecule has 1 atom stereocenters. The number of anilines is 1. The first-order valence-corrected chi connectivity index (χ1v) is 8.63. The second-order valence-corrected chi connectivity index (χ2v) is 6.52. The smallest absolute Gasteiger partial charge is 0.0900 e. The van der Waals surface area contributed by atoms with Crippen LogP contribution in [-0.2, 0) is 4.74 Å². The molecule has 1 saturated carbocycles. The largest absolute Gasteiger partial charge is 0.389 e. The van der Waals surface area contributed by atoms with Gasteiger partial charge in [0.15, 0.2) is 0 Å². The zero-order valence-electron chi connectivity index (χ0n) is 14.2. The summed E-state index contributed by atoms with van der Waals surface area (Å²) in [6, 6.07) is 10.6. The van der Waals surface area contributed by atoms with Gasteiger partial charge in [0.2, 0.25) is 0 Å². The molecule has 0 bridgehead atoms. The molecule has 0 aromatic heterocycles. The van der Waals surface area contributed by atoms with Crippen LogP contribution in [0.1, 0.15) is 25.7 Å². The van der Waals surface area contributed by atoms with Gasteiger partial charge in [-0.15, -0.1) is 24.8 Å². The Bertz CT molecular complexity index is 436. The molecule has 2 fully saturated rings. The molecule has 1 aliphatic heterocycles. The molecule has 0 radical (unpaired) electrons. The summed E-state index contributed by atoms with van der Waals surface area (Å²) in [5, 5.41) is 10.2. The maximum atomic E-state index is 10.2. The summed E-state index contributed by atoms with van der Waals surface area (Å²) in [5.41, 5.74) is 1.30. The molecule has 1 unspecified atom stereocenters. The van der Waals surface area contributed by atoms with Crippen LogP contribution in [0.4, 0.5) is 5.69 Å². The zero-order chi connectivity index (χ0) is 15.2. The second-order valence-electron chi connectivity index (χ2n) is 6.52. The SMILES string of the molecule is Cl.Cl.OC(COC1CCCC1)CN1CCN(c2ccccc2)CC1. The number of piperazine rings is 1. The van der Waals surface area contributed by atoms with Gasteiger partial charge >= 0.3 is 0 Å². The van der Waals surface area contributed by atoms with E-state index < -0.39 is 0 Å². The van der Waals surface area contributed by atoms with Crippen molar-refractivity contribution in [2.24, 2.45) is 0 Å². The van der Waals surface area contributed by atoms with E-state index in [1.807, 2.05) is 0 Å². The van der Waals surface area contributed by atoms with Crippen LogP contribution in [0.3, 0.4) is 0 Å². The number of aliphatic hydroxyl groups excluding tert-OH is 1. The Morgan fingerprint density at radius 1 is 1.00 bits per heavy atom. The van der Waals surface area contributed by atoms with Gasteiger partial charge in [-0.3, -0.25) is 4.90 Å². The van der Waals surface area contributed by atoms with E-state index in [-0.39, 0.29) is 30.9 Å². The Hall–Kier alpha value is -0.520. The van der Waals surface area contributed by atoms with Gasteiger partial charge < -0.3 is 14.7 Å². The molecule has 1 saturated heterocycles. The summed E-state index contributed by atoms with van der Waals surface area (Å²) in [4.78, 5) is 4.76. The van der Waals surface area contributed by atoms with Crippen molar-refractivity contribution in [1.82, 2.24) is 4.90 Å². The van der Waals surface area contributed by atoms with Crippen molar-refractivity contribution in [1.29, 1.82) is 0 Å². The predicted molar refractivity (Wildman–Crippen MR) is 104 cm³/mol. The molecule has 1 aliphatic carbocycles. The molecular weight excluding hydrogens is 347 g/mol. The molecule has 6 heteroatoms. The first-order valence-electron chi connectivity index (χ1n) is 8.63. The van der Waals surface area contributed by atoms with Crippen LogP contribution in [0.2, 0.25) is 0 Å². The third-order valence-corrected chi connectivity index (χ3v) is 4.79. The quantitative estimate of drug-likeness (QED) is 0.827. The number of β-amino-alcohol motifs (C(OH)–C–C–N with tert-alkyl or cyclic N) is 1. The average Bonchev–Trinajstić information content (AvgIpc) is 3.08. The van der Waals surface area contributed by atoms with Gasteiger partial charge in [-0.05, 0) is 25.0 Å². The number of halogens is 2. The van der Waals surface area contributed by atoms with E-state index in [9.17, 15) is 5.11 Å². The van der Waals surface area contributed by atoms with Crippen LogP contribution in [0.25, 0.3) is 0 Å². The fraction of sp³-hybridized carbons (Fsp3) is 0.667. The minimum absolute atomic E-state index is 0. The minimum atomic E-state index is -0.358. The van der Waals surface area contributed by atoms with Gasteiger partial charge in [-0.1, -0.05) is 31.0 Å². The average molecular weight is 377 g/mol. The summed E-state index contributed by atoms with van der Waals surface area (Å²) in [6.45, 7) is 5.30. The Balaban J connectivity index is 0.00000144. The Kier molecular flexibility index (Phi) is 10.0. The monoisotopic (exact) mass is 376 g/mol. The van der Waals surface area contributed by atoms with Crippen LogP contribution in [-0.4, -0.2) is 61.5 Å². The van der Waals surface area contributed by atoms with E-state index in [4.69, 9.17) is 4.74 Å². The number of rotatable bonds is 6. The first-order chi connectivity index (χ1) is 10.8. The Labute approximate surface area is 158 Å². The Morgan fingerprint density at radius 3 is 2.25 bits per heavy atom. The van der Waals surface area contributed by atoms with Crippen molar-refractivity contribution < 1.29 is 9.84 Å². The van der Waals surface area contributed by atoms with Gasteiger partial charge in [0.05, 0.1) is 18.8 Å². The standard InChI is InChI=1S/C18H28N2O2.2ClH/c21-17(15-22-18-8-4-5-9-18)14-19-10-12-20(13-11-19)16-6-2-1-3-7-16;;/h1-3,6-7,17-18,21H,4-5,8-15H2;2*1H. The highest BCUT2D eigenvalue weighted by molar-refractivity contribution is 5.85. The number of benzene rings is 1. The summed E-state index contributed by atoms with van der Waals surface area (Å²) in [6.07, 6.45) is 4.93. The van der Waals surface area contributed by atoms with E-state index >= 15 is 0 Å². The third kappa shape index (κ3) is 6.41. The van der Waals surface area contributed by atoms with Crippen LogP contribution in [0, 0.1) is 0 Å². The number of hydrogen-bond acceptors (Lipinski definition) is 4. The first kappa shape index (κ1) is 21.5. The van der Waals surface area contributed by atoms with Crippen molar-refractivity contribution in [3.63, 3.8) is 0 Å². The molecule has 138 valence electrons. The molecule has 1 aromatic rings. The summed E-state index contributed by atoms with van der Waals surface area (Å²) in [5.74, 6) is 0. The van der Waals surface area contributed by atoms with Crippen LogP contribution in [0.5, 0.6) is 0 Å². The van der Waals surface area contributed by atoms with Crippen molar-refractivity contribution in [2.75, 3.05) is 44.2 Å². The van der Waals surface area contributed by atoms with E-state index in [0.717, 1.165) is 32.7 Å². The molecular formula is C18H30Cl2N2O2. The fourth-order valence-electron chi connectivity index (χ4n) is 3.48. The summed E-state index contributed by atoms with van der Waals surface area (Å²) < 4.78 is 5.81. The van der Waals surface area contributed by atoms with Gasteiger partial charge in [0, 0.05) is 38.4 Å². The van der Waals surface area contributed by atoms with Gasteiger partial charge in [-0.2, -0.15) is 0 Å². The molecule has 1 aromatic carbocycles. The van der Waals surface area contributed by atoms with Crippen LogP contribution < -0.4 is 4.90 Å². The van der Waals surface area contributed by atoms with Gasteiger partial charge in [0.25, 0.3) is 0 Å². The number of ether oxygens (including phenoxy) is 1. The zero-order valence-corrected chi connectivity index (χ0v) is 15.8. The van der Waals surface area contributed by atoms with E-state index in [1.165, 1.54) is 31.4 Å². The lowest BCUT2D eigenvalue weighted by Gasteiger charge is -2.37. The molecule has 0 amide bonds. The predicted octanol–water partition coefficient (Wildman–Crippen LogP) is 2.97. The van der Waals surface area contributed by atoms with E-state index in [2.05, 4.69) is 40.1 Å². The number of para-hydroxylation sites is 1. The molecule has 4 nitrogen and oxygen atoms in total. The summed E-state index contributed by atoms with van der Waals surface area (Å²) >= 11 is 0. The van der Waals surface area contributed by atoms with Crippen molar-refractivity contribution in [3.05, 3.63) is 30.3 Å². The van der Waals surface area contributed by atoms with Crippen molar-refractivity contribution in [3.8, 4) is 0 Å². The molecule has 1 heterocycles. The fourth-order valence-corrected chi connectivity index (χ4v) is 3.48. The van der Waals surface area contributed by atoms with Crippen molar-refractivity contribution in [2.45, 2.75) is 37.9 Å². The maximum absolute atomic E-state index is 10.2. The molecule has 24 heavy (non-hydrogen) atoms. The number of nitrogens with zero attached hydrogens (tertiary/aromatic N) is 2. The molecule has 3 rings (SSSR count). The third-order valence-electron chi connectivity index (χ3n) is 4.79.